The summed E-state index contributed by atoms with van der Waals surface area (Å²) in [6, 6.07) is 0. The van der Waals surface area contributed by atoms with Crippen LogP contribution in [0, 0.1) is 0 Å². The van der Waals surface area contributed by atoms with Gasteiger partial charge in [-0.2, -0.15) is 0 Å². The van der Waals surface area contributed by atoms with Gasteiger partial charge in [-0.3, -0.25) is 0 Å². The smallest absolute Gasteiger partial charge is 0.0237 e. The van der Waals surface area contributed by atoms with Gasteiger partial charge in [0, 0.05) is 0 Å². The van der Waals surface area contributed by atoms with Crippen molar-refractivity contribution in [2.75, 3.05) is 0 Å². The number of hydrogen-bond donors (Lipinski definition) is 0. The lowest BCUT2D eigenvalue weighted by Crippen LogP contribution is -1.81. The van der Waals surface area contributed by atoms with E-state index in [0.29, 0.717) is 0 Å². The summed E-state index contributed by atoms with van der Waals surface area (Å²) in [4.78, 5) is 0. The Morgan fingerprint density at radius 3 is 1.83 bits per heavy atom. The fraction of sp³-hybridized carbons (Fsp3) is 0.333. The molecule has 0 nitrogen and oxygen atoms in total. The Bertz CT molecular complexity index is 245. The van der Waals surface area contributed by atoms with Gasteiger partial charge >= 0.3 is 0 Å². The summed E-state index contributed by atoms with van der Waals surface area (Å²) in [6.45, 7) is 15.9. The van der Waals surface area contributed by atoms with Gasteiger partial charge in [0.05, 0.1) is 0 Å². The quantitative estimate of drug-likeness (QED) is 0.549. The normalized spacial score (nSPS) is 10.8. The average molecular weight is 162 g/mol. The molecule has 0 rings (SSSR count). The predicted molar refractivity (Wildman–Crippen MR) is 57.1 cm³/mol. The zero-order chi connectivity index (χ0) is 9.72. The molecule has 0 amide bonds. The monoisotopic (exact) mass is 162 g/mol. The predicted octanol–water partition coefficient (Wildman–Crippen LogP) is 4.03. The Morgan fingerprint density at radius 2 is 1.58 bits per heavy atom. The molecule has 66 valence electrons. The SMILES string of the molecule is C=C/C(=C/C(C)=C(C)C)C(=C)C. The van der Waals surface area contributed by atoms with Crippen LogP contribution in [0.3, 0.4) is 0 Å². The van der Waals surface area contributed by atoms with Gasteiger partial charge in [0.1, 0.15) is 0 Å². The summed E-state index contributed by atoms with van der Waals surface area (Å²) in [5.41, 5.74) is 4.79. The van der Waals surface area contributed by atoms with Crippen LogP contribution in [-0.4, -0.2) is 0 Å². The summed E-state index contributed by atoms with van der Waals surface area (Å²) in [6.07, 6.45) is 3.96. The molecule has 0 aromatic heterocycles. The van der Waals surface area contributed by atoms with E-state index in [2.05, 4.69) is 40.0 Å². The van der Waals surface area contributed by atoms with E-state index < -0.39 is 0 Å². The molecule has 0 spiro atoms. The molecule has 0 saturated carbocycles. The topological polar surface area (TPSA) is 0 Å². The Labute approximate surface area is 76.0 Å². The van der Waals surface area contributed by atoms with Crippen LogP contribution in [0.25, 0.3) is 0 Å². The lowest BCUT2D eigenvalue weighted by Gasteiger charge is -2.02. The van der Waals surface area contributed by atoms with Crippen molar-refractivity contribution < 1.29 is 0 Å². The van der Waals surface area contributed by atoms with E-state index in [1.54, 1.807) is 0 Å². The fourth-order valence-electron chi connectivity index (χ4n) is 0.734. The second-order valence-electron chi connectivity index (χ2n) is 3.27. The van der Waals surface area contributed by atoms with Crippen molar-refractivity contribution in [3.8, 4) is 0 Å². The third-order valence-corrected chi connectivity index (χ3v) is 1.87. The Kier molecular flexibility index (Phi) is 4.35. The molecule has 0 aromatic rings. The summed E-state index contributed by atoms with van der Waals surface area (Å²) in [7, 11) is 0. The van der Waals surface area contributed by atoms with Gasteiger partial charge in [-0.15, -0.1) is 0 Å². The molecule has 0 N–H and O–H groups in total. The van der Waals surface area contributed by atoms with Crippen LogP contribution < -0.4 is 0 Å². The minimum Gasteiger partial charge on any atom is -0.0985 e. The van der Waals surface area contributed by atoms with Gasteiger partial charge < -0.3 is 0 Å². The van der Waals surface area contributed by atoms with E-state index in [-0.39, 0.29) is 0 Å². The van der Waals surface area contributed by atoms with Crippen LogP contribution in [0.4, 0.5) is 0 Å². The third-order valence-electron chi connectivity index (χ3n) is 1.87. The summed E-state index contributed by atoms with van der Waals surface area (Å²) in [5, 5.41) is 0. The van der Waals surface area contributed by atoms with E-state index >= 15 is 0 Å². The van der Waals surface area contributed by atoms with Gasteiger partial charge in [-0.05, 0) is 33.3 Å². The van der Waals surface area contributed by atoms with Crippen LogP contribution in [-0.2, 0) is 0 Å². The third kappa shape index (κ3) is 3.38. The Morgan fingerprint density at radius 1 is 1.08 bits per heavy atom. The first kappa shape index (κ1) is 11.0. The summed E-state index contributed by atoms with van der Waals surface area (Å²) < 4.78 is 0. The van der Waals surface area contributed by atoms with Crippen molar-refractivity contribution in [2.45, 2.75) is 27.7 Å². The minimum absolute atomic E-state index is 1.06. The molecule has 0 aliphatic heterocycles. The lowest BCUT2D eigenvalue weighted by atomic mass is 10.0. The van der Waals surface area contributed by atoms with Crippen molar-refractivity contribution in [1.29, 1.82) is 0 Å². The minimum atomic E-state index is 1.06. The van der Waals surface area contributed by atoms with Gasteiger partial charge in [-0.25, -0.2) is 0 Å². The maximum Gasteiger partial charge on any atom is -0.0237 e. The first-order chi connectivity index (χ1) is 5.49. The van der Waals surface area contributed by atoms with E-state index in [1.165, 1.54) is 11.1 Å². The van der Waals surface area contributed by atoms with Crippen molar-refractivity contribution in [2.24, 2.45) is 0 Å². The molecule has 0 atom stereocenters. The molecular weight excluding hydrogens is 144 g/mol. The molecule has 0 heteroatoms. The van der Waals surface area contributed by atoms with Crippen LogP contribution in [0.15, 0.2) is 47.6 Å². The molecule has 0 aliphatic rings. The fourth-order valence-corrected chi connectivity index (χ4v) is 0.734. The van der Waals surface area contributed by atoms with Crippen molar-refractivity contribution >= 4 is 0 Å². The summed E-state index contributed by atoms with van der Waals surface area (Å²) in [5.74, 6) is 0. The molecule has 0 heterocycles. The molecule has 0 unspecified atom stereocenters. The van der Waals surface area contributed by atoms with Gasteiger partial charge in [0.25, 0.3) is 0 Å². The largest absolute Gasteiger partial charge is 0.0985 e. The molecule has 0 radical (unpaired) electrons. The van der Waals surface area contributed by atoms with Gasteiger partial charge in [0.2, 0.25) is 0 Å². The van der Waals surface area contributed by atoms with Crippen LogP contribution in [0.2, 0.25) is 0 Å². The number of rotatable bonds is 3. The van der Waals surface area contributed by atoms with E-state index in [1.807, 2.05) is 13.0 Å². The standard InChI is InChI=1S/C12H18/c1-7-12(10(4)5)8-11(6)9(2)3/h7-8H,1,4H2,2-3,5-6H3/b12-8-. The first-order valence-corrected chi connectivity index (χ1v) is 4.13. The highest BCUT2D eigenvalue weighted by Gasteiger charge is 1.93. The van der Waals surface area contributed by atoms with Crippen molar-refractivity contribution in [3.05, 3.63) is 47.6 Å². The van der Waals surface area contributed by atoms with Gasteiger partial charge in [-0.1, -0.05) is 42.0 Å². The molecule has 0 aliphatic carbocycles. The average Bonchev–Trinajstić information content (AvgIpc) is 1.98. The van der Waals surface area contributed by atoms with Crippen molar-refractivity contribution in [3.63, 3.8) is 0 Å². The Balaban J connectivity index is 4.86. The number of allylic oxidation sites excluding steroid dienone is 6. The maximum atomic E-state index is 3.88. The zero-order valence-electron chi connectivity index (χ0n) is 8.57. The Hall–Kier alpha value is -1.04. The van der Waals surface area contributed by atoms with Crippen molar-refractivity contribution in [1.82, 2.24) is 0 Å². The second kappa shape index (κ2) is 4.76. The van der Waals surface area contributed by atoms with E-state index in [4.69, 9.17) is 0 Å². The van der Waals surface area contributed by atoms with Crippen LogP contribution >= 0.6 is 0 Å². The molecule has 12 heavy (non-hydrogen) atoms. The molecule has 0 bridgehead atoms. The molecule has 0 aromatic carbocycles. The highest BCUT2D eigenvalue weighted by molar-refractivity contribution is 5.41. The molecule has 0 saturated heterocycles. The van der Waals surface area contributed by atoms with E-state index in [9.17, 15) is 0 Å². The van der Waals surface area contributed by atoms with Crippen LogP contribution in [0.1, 0.15) is 27.7 Å². The first-order valence-electron chi connectivity index (χ1n) is 4.13. The van der Waals surface area contributed by atoms with E-state index in [0.717, 1.165) is 11.1 Å². The summed E-state index contributed by atoms with van der Waals surface area (Å²) >= 11 is 0. The van der Waals surface area contributed by atoms with Gasteiger partial charge in [0.15, 0.2) is 0 Å². The second-order valence-corrected chi connectivity index (χ2v) is 3.27. The molecular formula is C12H18. The maximum absolute atomic E-state index is 3.88. The molecule has 0 fully saturated rings. The highest BCUT2D eigenvalue weighted by atomic mass is 14.0. The highest BCUT2D eigenvalue weighted by Crippen LogP contribution is 2.13. The zero-order valence-corrected chi connectivity index (χ0v) is 8.57. The lowest BCUT2D eigenvalue weighted by molar-refractivity contribution is 1.28. The number of hydrogen-bond acceptors (Lipinski definition) is 0. The van der Waals surface area contributed by atoms with Crippen LogP contribution in [0.5, 0.6) is 0 Å².